The minimum Gasteiger partial charge on any atom is -0.502 e. The minimum atomic E-state index is -0.536. The number of carbonyl (C=O) groups is 1. The zero-order chi connectivity index (χ0) is 24.0. The van der Waals surface area contributed by atoms with Crippen LogP contribution in [-0.2, 0) is 14.3 Å². The molecular weight excluding hydrogens is 444 g/mol. The Labute approximate surface area is 196 Å². The van der Waals surface area contributed by atoms with Crippen LogP contribution in [0, 0.1) is 11.8 Å². The maximum atomic E-state index is 13.1. The molecule has 10 nitrogen and oxygen atoms in total. The van der Waals surface area contributed by atoms with E-state index >= 15 is 0 Å². The van der Waals surface area contributed by atoms with Crippen molar-refractivity contribution in [1.29, 1.82) is 0 Å². The molecule has 0 amide bonds. The highest BCUT2D eigenvalue weighted by atomic mass is 16.7. The summed E-state index contributed by atoms with van der Waals surface area (Å²) in [6.07, 6.45) is -0.448. The van der Waals surface area contributed by atoms with E-state index in [4.69, 9.17) is 39.9 Å². The lowest BCUT2D eigenvalue weighted by molar-refractivity contribution is -0.141. The zero-order valence-corrected chi connectivity index (χ0v) is 19.0. The summed E-state index contributed by atoms with van der Waals surface area (Å²) in [6, 6.07) is 6.87. The number of ether oxygens (including phenoxy) is 6. The van der Waals surface area contributed by atoms with Crippen LogP contribution in [0.15, 0.2) is 24.3 Å². The molecule has 2 aromatic rings. The van der Waals surface area contributed by atoms with Gasteiger partial charge in [-0.05, 0) is 41.0 Å². The number of nitrogens with two attached hydrogens (primary N) is 2. The molecule has 0 saturated carbocycles. The number of hydrogen-bond acceptors (Lipinski definition) is 10. The summed E-state index contributed by atoms with van der Waals surface area (Å²) in [6.45, 7) is 0.836. The van der Waals surface area contributed by atoms with Gasteiger partial charge in [0.2, 0.25) is 12.5 Å². The number of rotatable bonds is 7. The van der Waals surface area contributed by atoms with Gasteiger partial charge >= 0.3 is 5.97 Å². The van der Waals surface area contributed by atoms with Gasteiger partial charge in [0.1, 0.15) is 0 Å². The molecule has 2 aliphatic heterocycles. The molecule has 0 bridgehead atoms. The molecule has 1 unspecified atom stereocenters. The largest absolute Gasteiger partial charge is 0.502 e. The lowest BCUT2D eigenvalue weighted by Gasteiger charge is -2.39. The van der Waals surface area contributed by atoms with E-state index < -0.39 is 17.9 Å². The fraction of sp³-hybridized carbons (Fsp3) is 0.458. The van der Waals surface area contributed by atoms with Crippen LogP contribution in [-0.4, -0.2) is 57.9 Å². The van der Waals surface area contributed by atoms with Gasteiger partial charge < -0.3 is 45.0 Å². The van der Waals surface area contributed by atoms with Crippen molar-refractivity contribution in [2.75, 3.05) is 40.8 Å². The van der Waals surface area contributed by atoms with Gasteiger partial charge in [-0.1, -0.05) is 0 Å². The van der Waals surface area contributed by atoms with Crippen LogP contribution in [0.1, 0.15) is 28.7 Å². The predicted octanol–water partition coefficient (Wildman–Crippen LogP) is 1.42. The fourth-order valence-corrected chi connectivity index (χ4v) is 5.11. The van der Waals surface area contributed by atoms with Crippen molar-refractivity contribution >= 4 is 5.97 Å². The van der Waals surface area contributed by atoms with Crippen LogP contribution in [0.2, 0.25) is 0 Å². The molecule has 0 radical (unpaired) electrons. The molecule has 182 valence electrons. The molecule has 0 spiro atoms. The standard InChI is InChI=1S/C24H28N2O8/c1-29-18-3-11(4-19(30-2)22(18)27)20-13-5-16-17(34-10-33-16)6-14(13)23(31-8-12(26)7-25)15-9-32-24(28)21(15)20/h3-6,12,15,20-21,23,27H,7-10,25-26H2,1-2H3/t12?,15-,20+,21-,23-/m0/s1. The molecular formula is C24H28N2O8. The third kappa shape index (κ3) is 3.58. The predicted molar refractivity (Wildman–Crippen MR) is 119 cm³/mol. The van der Waals surface area contributed by atoms with E-state index in [2.05, 4.69) is 0 Å². The van der Waals surface area contributed by atoms with Gasteiger partial charge in [-0.2, -0.15) is 0 Å². The van der Waals surface area contributed by atoms with Gasteiger partial charge in [0, 0.05) is 24.4 Å². The number of phenols is 1. The first-order valence-corrected chi connectivity index (χ1v) is 11.1. The van der Waals surface area contributed by atoms with Crippen LogP contribution in [0.25, 0.3) is 0 Å². The van der Waals surface area contributed by atoms with E-state index in [9.17, 15) is 9.90 Å². The Balaban J connectivity index is 1.69. The Morgan fingerprint density at radius 3 is 2.32 bits per heavy atom. The number of esters is 1. The Bertz CT molecular complexity index is 1080. The highest BCUT2D eigenvalue weighted by Crippen LogP contribution is 2.56. The Kier molecular flexibility index (Phi) is 5.88. The topological polar surface area (TPSA) is 145 Å². The summed E-state index contributed by atoms with van der Waals surface area (Å²) >= 11 is 0. The molecule has 1 saturated heterocycles. The monoisotopic (exact) mass is 472 g/mol. The van der Waals surface area contributed by atoms with Crippen LogP contribution in [0.3, 0.4) is 0 Å². The minimum absolute atomic E-state index is 0.113. The Morgan fingerprint density at radius 2 is 1.71 bits per heavy atom. The first-order chi connectivity index (χ1) is 16.5. The van der Waals surface area contributed by atoms with Gasteiger partial charge in [0.25, 0.3) is 0 Å². The molecule has 5 N–H and O–H groups in total. The van der Waals surface area contributed by atoms with Crippen LogP contribution < -0.4 is 30.4 Å². The lowest BCUT2D eigenvalue weighted by atomic mass is 9.66. The van der Waals surface area contributed by atoms with Gasteiger partial charge in [-0.25, -0.2) is 0 Å². The quantitative estimate of drug-likeness (QED) is 0.506. The molecule has 3 aliphatic rings. The average Bonchev–Trinajstić information content (AvgIpc) is 3.47. The van der Waals surface area contributed by atoms with Gasteiger partial charge in [-0.15, -0.1) is 0 Å². The highest BCUT2D eigenvalue weighted by Gasteiger charge is 2.53. The average molecular weight is 472 g/mol. The van der Waals surface area contributed by atoms with E-state index in [1.165, 1.54) is 14.2 Å². The second-order valence-corrected chi connectivity index (χ2v) is 8.66. The summed E-state index contributed by atoms with van der Waals surface area (Å²) in [5.41, 5.74) is 14.1. The van der Waals surface area contributed by atoms with Crippen LogP contribution >= 0.6 is 0 Å². The van der Waals surface area contributed by atoms with E-state index in [0.29, 0.717) is 11.5 Å². The van der Waals surface area contributed by atoms with E-state index in [-0.39, 0.29) is 61.7 Å². The van der Waals surface area contributed by atoms with E-state index in [1.807, 2.05) is 12.1 Å². The number of methoxy groups -OCH3 is 2. The van der Waals surface area contributed by atoms with Crippen LogP contribution in [0.5, 0.6) is 28.7 Å². The van der Waals surface area contributed by atoms with Crippen LogP contribution in [0.4, 0.5) is 0 Å². The number of fused-ring (bicyclic) bond motifs is 3. The zero-order valence-electron chi connectivity index (χ0n) is 19.0. The van der Waals surface area contributed by atoms with Gasteiger partial charge in [0.15, 0.2) is 23.0 Å². The van der Waals surface area contributed by atoms with Gasteiger partial charge in [0.05, 0.1) is 39.5 Å². The molecule has 5 rings (SSSR count). The molecule has 34 heavy (non-hydrogen) atoms. The van der Waals surface area contributed by atoms with Crippen molar-refractivity contribution in [3.8, 4) is 28.7 Å². The number of carbonyl (C=O) groups excluding carboxylic acids is 1. The molecule has 1 aliphatic carbocycles. The number of hydrogen-bond donors (Lipinski definition) is 3. The fourth-order valence-electron chi connectivity index (χ4n) is 5.11. The van der Waals surface area contributed by atoms with Gasteiger partial charge in [-0.3, -0.25) is 4.79 Å². The second kappa shape index (κ2) is 8.86. The summed E-state index contributed by atoms with van der Waals surface area (Å²) in [5, 5.41) is 10.4. The van der Waals surface area contributed by atoms with E-state index in [1.54, 1.807) is 12.1 Å². The molecule has 5 atom stereocenters. The van der Waals surface area contributed by atoms with Crippen molar-refractivity contribution < 1.29 is 38.3 Å². The maximum Gasteiger partial charge on any atom is 0.310 e. The molecule has 2 heterocycles. The Hall–Kier alpha value is -3.21. The summed E-state index contributed by atoms with van der Waals surface area (Å²) in [4.78, 5) is 13.1. The molecule has 10 heteroatoms. The summed E-state index contributed by atoms with van der Waals surface area (Å²) in [5.74, 6) is 0.0308. The first-order valence-electron chi connectivity index (χ1n) is 11.1. The summed E-state index contributed by atoms with van der Waals surface area (Å²) < 4.78 is 33.8. The number of cyclic esters (lactones) is 1. The molecule has 2 aromatic carbocycles. The maximum absolute atomic E-state index is 13.1. The molecule has 0 aromatic heterocycles. The smallest absolute Gasteiger partial charge is 0.310 e. The third-order valence-corrected chi connectivity index (χ3v) is 6.77. The van der Waals surface area contributed by atoms with Crippen molar-refractivity contribution in [3.05, 3.63) is 41.0 Å². The van der Waals surface area contributed by atoms with Crippen molar-refractivity contribution in [2.45, 2.75) is 18.1 Å². The third-order valence-electron chi connectivity index (χ3n) is 6.77. The number of benzene rings is 2. The number of aromatic hydroxyl groups is 1. The highest BCUT2D eigenvalue weighted by molar-refractivity contribution is 5.79. The van der Waals surface area contributed by atoms with Crippen molar-refractivity contribution in [2.24, 2.45) is 23.3 Å². The SMILES string of the molecule is COc1cc([C@@H]2c3cc4c(cc3[C@H](OCC(N)CN)[C@H]3COC(=O)[C@H]23)OCO4)cc(OC)c1O. The Morgan fingerprint density at radius 1 is 1.06 bits per heavy atom. The lowest BCUT2D eigenvalue weighted by Crippen LogP contribution is -2.39. The second-order valence-electron chi connectivity index (χ2n) is 8.66. The summed E-state index contributed by atoms with van der Waals surface area (Å²) in [7, 11) is 2.92. The van der Waals surface area contributed by atoms with E-state index in [0.717, 1.165) is 16.7 Å². The van der Waals surface area contributed by atoms with Crippen molar-refractivity contribution in [3.63, 3.8) is 0 Å². The molecule has 1 fully saturated rings. The van der Waals surface area contributed by atoms with Crippen molar-refractivity contribution in [1.82, 2.24) is 0 Å². The number of phenolic OH excluding ortho intramolecular Hbond substituents is 1. The normalized spacial score (nSPS) is 25.4. The first kappa shape index (κ1) is 22.6.